The summed E-state index contributed by atoms with van der Waals surface area (Å²) in [6.07, 6.45) is 0.00871. The number of benzene rings is 2. The highest BCUT2D eigenvalue weighted by Crippen LogP contribution is 2.45. The van der Waals surface area contributed by atoms with Gasteiger partial charge in [-0.05, 0) is 30.3 Å². The van der Waals surface area contributed by atoms with Crippen molar-refractivity contribution >= 4 is 75.3 Å². The molecule has 34 heavy (non-hydrogen) atoms. The molecular formula is C24H14Cl5NO4. The van der Waals surface area contributed by atoms with Crippen molar-refractivity contribution in [1.82, 2.24) is 4.57 Å². The van der Waals surface area contributed by atoms with Gasteiger partial charge in [-0.15, -0.1) is 0 Å². The summed E-state index contributed by atoms with van der Waals surface area (Å²) >= 11 is 31.6. The van der Waals surface area contributed by atoms with E-state index in [9.17, 15) is 14.7 Å². The van der Waals surface area contributed by atoms with Crippen LogP contribution in [0.25, 0.3) is 5.70 Å². The minimum atomic E-state index is -0.641. The van der Waals surface area contributed by atoms with Crippen LogP contribution in [0.3, 0.4) is 0 Å². The normalized spacial score (nSPS) is 13.6. The lowest BCUT2D eigenvalue weighted by Gasteiger charge is -2.16. The number of ketones is 2. The van der Waals surface area contributed by atoms with Gasteiger partial charge >= 0.3 is 0 Å². The molecule has 2 aromatic carbocycles. The zero-order valence-electron chi connectivity index (χ0n) is 17.3. The average Bonchev–Trinajstić information content (AvgIpc) is 3.29. The van der Waals surface area contributed by atoms with E-state index >= 15 is 0 Å². The Bertz CT molecular complexity index is 1420. The van der Waals surface area contributed by atoms with Crippen LogP contribution >= 0.6 is 58.0 Å². The third-order valence-electron chi connectivity index (χ3n) is 5.27. The van der Waals surface area contributed by atoms with Crippen LogP contribution < -0.4 is 4.74 Å². The molecule has 3 aromatic rings. The lowest BCUT2D eigenvalue weighted by atomic mass is 10.0. The number of nitrogens with zero attached hydrogens (tertiary/aromatic N) is 1. The highest BCUT2D eigenvalue weighted by molar-refractivity contribution is 6.47. The fourth-order valence-corrected chi connectivity index (χ4v) is 4.75. The molecule has 1 N–H and O–H groups in total. The van der Waals surface area contributed by atoms with E-state index in [1.54, 1.807) is 24.3 Å². The molecule has 0 bridgehead atoms. The Labute approximate surface area is 219 Å². The predicted molar refractivity (Wildman–Crippen MR) is 135 cm³/mol. The maximum Gasteiger partial charge on any atom is 0.213 e. The third kappa shape index (κ3) is 4.12. The van der Waals surface area contributed by atoms with Crippen molar-refractivity contribution in [3.63, 3.8) is 0 Å². The van der Waals surface area contributed by atoms with E-state index in [0.717, 1.165) is 0 Å². The van der Waals surface area contributed by atoms with Gasteiger partial charge in [0.1, 0.15) is 16.7 Å². The molecule has 174 valence electrons. The number of carbonyl (C=O) groups is 2. The summed E-state index contributed by atoms with van der Waals surface area (Å²) in [5.41, 5.74) is 0.463. The summed E-state index contributed by atoms with van der Waals surface area (Å²) in [5.74, 6) is -1.10. The maximum atomic E-state index is 13.6. The van der Waals surface area contributed by atoms with Crippen molar-refractivity contribution in [2.75, 3.05) is 7.11 Å². The summed E-state index contributed by atoms with van der Waals surface area (Å²) in [7, 11) is 1.45. The van der Waals surface area contributed by atoms with Crippen LogP contribution in [0, 0.1) is 0 Å². The van der Waals surface area contributed by atoms with Crippen molar-refractivity contribution in [2.24, 2.45) is 0 Å². The van der Waals surface area contributed by atoms with Gasteiger partial charge < -0.3 is 9.84 Å². The summed E-state index contributed by atoms with van der Waals surface area (Å²) < 4.78 is 6.58. The second-order valence-electron chi connectivity index (χ2n) is 7.22. The first-order chi connectivity index (χ1) is 16.2. The van der Waals surface area contributed by atoms with Gasteiger partial charge in [0.05, 0.1) is 44.7 Å². The molecule has 0 spiro atoms. The van der Waals surface area contributed by atoms with Crippen LogP contribution in [0.5, 0.6) is 11.5 Å². The van der Waals surface area contributed by atoms with Crippen molar-refractivity contribution in [3.8, 4) is 11.5 Å². The summed E-state index contributed by atoms with van der Waals surface area (Å²) in [4.78, 5) is 27.0. The van der Waals surface area contributed by atoms with E-state index in [4.69, 9.17) is 62.7 Å². The number of aromatic hydroxyl groups is 1. The van der Waals surface area contributed by atoms with Crippen molar-refractivity contribution < 1.29 is 19.4 Å². The van der Waals surface area contributed by atoms with Gasteiger partial charge in [0.15, 0.2) is 5.78 Å². The molecule has 10 heteroatoms. The fraction of sp³-hybridized carbons (Fsp3) is 0.0833. The SMILES string of the molecule is COc1ccccc1C(=O)C1=C(n2c(C(=O)c3cccc(Cl)c3O)cc(Cl)c2Cl)C(Cl)=C(Cl)C1. The van der Waals surface area contributed by atoms with Gasteiger partial charge in [-0.3, -0.25) is 14.2 Å². The third-order valence-corrected chi connectivity index (χ3v) is 7.16. The van der Waals surface area contributed by atoms with Gasteiger partial charge in [0.25, 0.3) is 0 Å². The van der Waals surface area contributed by atoms with Crippen molar-refractivity contribution in [3.05, 3.63) is 96.2 Å². The Morgan fingerprint density at radius 2 is 1.59 bits per heavy atom. The number of hydrogen-bond donors (Lipinski definition) is 1. The lowest BCUT2D eigenvalue weighted by Crippen LogP contribution is -2.14. The van der Waals surface area contributed by atoms with E-state index in [1.165, 1.54) is 35.9 Å². The molecule has 0 aliphatic heterocycles. The van der Waals surface area contributed by atoms with E-state index in [-0.39, 0.29) is 59.8 Å². The molecule has 0 unspecified atom stereocenters. The number of allylic oxidation sites excluding steroid dienone is 4. The molecule has 0 fully saturated rings. The highest BCUT2D eigenvalue weighted by Gasteiger charge is 2.34. The first-order valence-electron chi connectivity index (χ1n) is 9.72. The minimum Gasteiger partial charge on any atom is -0.506 e. The topological polar surface area (TPSA) is 68.5 Å². The molecule has 5 nitrogen and oxygen atoms in total. The van der Waals surface area contributed by atoms with Crippen LogP contribution in [0.15, 0.2) is 64.2 Å². The minimum absolute atomic E-state index is 0.00533. The molecule has 4 rings (SSSR count). The Kier molecular flexibility index (Phi) is 7.04. The predicted octanol–water partition coefficient (Wildman–Crippen LogP) is 7.58. The number of para-hydroxylation sites is 2. The number of Topliss-reactive ketones (excluding diaryl/α,β-unsaturated/α-hetero) is 1. The molecule has 1 aliphatic rings. The molecule has 1 aromatic heterocycles. The zero-order valence-corrected chi connectivity index (χ0v) is 21.1. The first-order valence-corrected chi connectivity index (χ1v) is 11.6. The second kappa shape index (κ2) is 9.68. The number of ether oxygens (including phenoxy) is 1. The first kappa shape index (κ1) is 24.7. The smallest absolute Gasteiger partial charge is 0.213 e. The fourth-order valence-electron chi connectivity index (χ4n) is 3.67. The Morgan fingerprint density at radius 1 is 0.912 bits per heavy atom. The Hall–Kier alpha value is -2.41. The number of hydrogen-bond acceptors (Lipinski definition) is 4. The Morgan fingerprint density at radius 3 is 2.29 bits per heavy atom. The number of phenols is 1. The van der Waals surface area contributed by atoms with Crippen molar-refractivity contribution in [1.29, 1.82) is 0 Å². The number of phenolic OH excluding ortho intramolecular Hbond substituents is 1. The number of carbonyl (C=O) groups excluding carboxylic acids is 2. The highest BCUT2D eigenvalue weighted by atomic mass is 35.5. The summed E-state index contributed by atoms with van der Waals surface area (Å²) in [5, 5.41) is 10.5. The maximum absolute atomic E-state index is 13.6. The van der Waals surface area contributed by atoms with Gasteiger partial charge in [-0.1, -0.05) is 76.2 Å². The lowest BCUT2D eigenvalue weighted by molar-refractivity contribution is 0.101. The number of aromatic nitrogens is 1. The summed E-state index contributed by atoms with van der Waals surface area (Å²) in [6, 6.07) is 12.4. The van der Waals surface area contributed by atoms with Gasteiger partial charge in [0.2, 0.25) is 5.78 Å². The molecule has 1 heterocycles. The number of halogens is 5. The number of methoxy groups -OCH3 is 1. The van der Waals surface area contributed by atoms with Crippen LogP contribution in [-0.2, 0) is 0 Å². The van der Waals surface area contributed by atoms with E-state index in [1.807, 2.05) is 0 Å². The van der Waals surface area contributed by atoms with Crippen LogP contribution in [0.2, 0.25) is 15.2 Å². The molecule has 0 saturated heterocycles. The molecule has 0 saturated carbocycles. The molecule has 0 radical (unpaired) electrons. The van der Waals surface area contributed by atoms with Gasteiger partial charge in [-0.2, -0.15) is 0 Å². The van der Waals surface area contributed by atoms with Crippen LogP contribution in [0.4, 0.5) is 0 Å². The summed E-state index contributed by atoms with van der Waals surface area (Å²) in [6.45, 7) is 0. The average molecular weight is 558 g/mol. The molecule has 1 aliphatic carbocycles. The van der Waals surface area contributed by atoms with E-state index in [0.29, 0.717) is 5.75 Å². The number of rotatable bonds is 6. The Balaban J connectivity index is 1.95. The van der Waals surface area contributed by atoms with Gasteiger partial charge in [-0.25, -0.2) is 0 Å². The van der Waals surface area contributed by atoms with E-state index in [2.05, 4.69) is 0 Å². The monoisotopic (exact) mass is 555 g/mol. The standard InChI is InChI=1S/C24H14Cl5NO4/c1-34-18-8-3-2-5-11(18)21(31)13-9-15(26)19(28)20(13)30-17(10-16(27)24(30)29)23(33)12-6-4-7-14(25)22(12)32/h2-8,10,32H,9H2,1H3. The van der Waals surface area contributed by atoms with Crippen LogP contribution in [-0.4, -0.2) is 28.3 Å². The quantitative estimate of drug-likeness (QED) is 0.317. The molecule has 0 atom stereocenters. The van der Waals surface area contributed by atoms with E-state index < -0.39 is 17.3 Å². The second-order valence-corrected chi connectivity index (χ2v) is 9.23. The molecular weight excluding hydrogens is 544 g/mol. The largest absolute Gasteiger partial charge is 0.506 e. The van der Waals surface area contributed by atoms with Crippen molar-refractivity contribution in [2.45, 2.75) is 6.42 Å². The van der Waals surface area contributed by atoms with Crippen LogP contribution in [0.1, 0.15) is 32.8 Å². The van der Waals surface area contributed by atoms with Gasteiger partial charge in [0, 0.05) is 17.0 Å². The molecule has 0 amide bonds. The zero-order chi connectivity index (χ0) is 24.7.